The van der Waals surface area contributed by atoms with Crippen LogP contribution >= 0.6 is 0 Å². The maximum atomic E-state index is 13.0. The number of hydrogen-bond donors (Lipinski definition) is 1. The molecule has 1 saturated heterocycles. The Morgan fingerprint density at radius 1 is 0.956 bits per heavy atom. The normalized spacial score (nSPS) is 36.3. The van der Waals surface area contributed by atoms with Gasteiger partial charge in [0, 0.05) is 49.4 Å². The van der Waals surface area contributed by atoms with E-state index in [1.54, 1.807) is 14.1 Å². The van der Waals surface area contributed by atoms with Crippen LogP contribution in [-0.4, -0.2) is 62.9 Å². The van der Waals surface area contributed by atoms with Gasteiger partial charge in [-0.2, -0.15) is 0 Å². The summed E-state index contributed by atoms with van der Waals surface area (Å²) in [6.07, 6.45) is 8.37. The van der Waals surface area contributed by atoms with E-state index in [1.807, 2.05) is 30.3 Å². The molecule has 1 aromatic rings. The minimum Gasteiger partial charge on any atom is -0.446 e. The largest absolute Gasteiger partial charge is 0.446 e. The molecular weight excluding hydrogens is 568 g/mol. The fourth-order valence-corrected chi connectivity index (χ4v) is 9.42. The van der Waals surface area contributed by atoms with Crippen LogP contribution in [-0.2, 0) is 18.9 Å². The molecule has 5 aliphatic rings. The van der Waals surface area contributed by atoms with E-state index in [0.717, 1.165) is 38.9 Å². The van der Waals surface area contributed by atoms with Crippen LogP contribution in [0.2, 0.25) is 0 Å². The van der Waals surface area contributed by atoms with Gasteiger partial charge in [0.2, 0.25) is 0 Å². The van der Waals surface area contributed by atoms with Crippen molar-refractivity contribution in [2.45, 2.75) is 91.6 Å². The Morgan fingerprint density at radius 2 is 1.67 bits per heavy atom. The van der Waals surface area contributed by atoms with Gasteiger partial charge in [0.15, 0.2) is 6.29 Å². The minimum absolute atomic E-state index is 0.0606. The van der Waals surface area contributed by atoms with Crippen molar-refractivity contribution >= 4 is 17.9 Å². The average molecular weight is 621 g/mol. The van der Waals surface area contributed by atoms with Gasteiger partial charge in [0.05, 0.1) is 13.2 Å². The summed E-state index contributed by atoms with van der Waals surface area (Å²) in [5, 5.41) is 2.83. The molecule has 6 rings (SSSR count). The molecule has 1 aromatic carbocycles. The first-order valence-corrected chi connectivity index (χ1v) is 16.9. The monoisotopic (exact) mass is 620 g/mol. The highest BCUT2D eigenvalue weighted by molar-refractivity contribution is 5.84. The smallest absolute Gasteiger partial charge is 0.411 e. The van der Waals surface area contributed by atoms with E-state index < -0.39 is 18.3 Å². The number of benzene rings is 1. The molecule has 45 heavy (non-hydrogen) atoms. The van der Waals surface area contributed by atoms with Gasteiger partial charge in [-0.1, -0.05) is 76.1 Å². The summed E-state index contributed by atoms with van der Waals surface area (Å²) >= 11 is 0. The number of allylic oxidation sites excluding steroid dienone is 3. The van der Waals surface area contributed by atoms with E-state index in [4.69, 9.17) is 18.9 Å². The second-order valence-electron chi connectivity index (χ2n) is 15.7. The Balaban J connectivity index is 1.24. The Morgan fingerprint density at radius 3 is 2.36 bits per heavy atom. The summed E-state index contributed by atoms with van der Waals surface area (Å²) in [6.45, 7) is 13.0. The molecule has 246 valence electrons. The van der Waals surface area contributed by atoms with Crippen LogP contribution in [0, 0.1) is 39.9 Å². The topological polar surface area (TPSA) is 86.3 Å². The number of nitrogens with one attached hydrogen (secondary N) is 1. The third-order valence-electron chi connectivity index (χ3n) is 11.9. The van der Waals surface area contributed by atoms with Crippen molar-refractivity contribution < 1.29 is 28.5 Å². The van der Waals surface area contributed by atoms with E-state index >= 15 is 0 Å². The molecule has 0 bridgehead atoms. The highest BCUT2D eigenvalue weighted by Crippen LogP contribution is 2.66. The summed E-state index contributed by atoms with van der Waals surface area (Å²) < 4.78 is 24.8. The van der Waals surface area contributed by atoms with Crippen LogP contribution in [0.5, 0.6) is 0 Å². The van der Waals surface area contributed by atoms with Gasteiger partial charge in [-0.15, -0.1) is 0 Å². The second-order valence-corrected chi connectivity index (χ2v) is 15.7. The molecule has 0 radical (unpaired) electrons. The molecule has 8 heteroatoms. The zero-order valence-corrected chi connectivity index (χ0v) is 28.1. The number of rotatable bonds is 5. The molecule has 4 aliphatic carbocycles. The maximum Gasteiger partial charge on any atom is 0.411 e. The predicted molar refractivity (Wildman–Crippen MR) is 173 cm³/mol. The van der Waals surface area contributed by atoms with Gasteiger partial charge in [-0.3, -0.25) is 5.32 Å². The Kier molecular flexibility index (Phi) is 8.61. The van der Waals surface area contributed by atoms with Crippen molar-refractivity contribution in [3.8, 4) is 0 Å². The van der Waals surface area contributed by atoms with E-state index in [9.17, 15) is 9.59 Å². The summed E-state index contributed by atoms with van der Waals surface area (Å²) in [5.41, 5.74) is 3.25. The second kappa shape index (κ2) is 12.1. The standard InChI is InChI=1S/C37H52N2O6/c1-23(32-42-21-35(2,3)22-43-32)28-15-16-29-27-14-13-24-19-26(44-33(40)38-25-11-9-8-10-12-25)20-31(45-34(41)39(6)7)37(24,5)30(27)17-18-36(28,29)4/h8-14,23,26,28-32H,15-22H2,1-7H3,(H,38,40)/t23?,26?,28-,29+,30+,31?,36-,37+/m1/s1. The van der Waals surface area contributed by atoms with Crippen LogP contribution in [0.4, 0.5) is 15.3 Å². The highest BCUT2D eigenvalue weighted by Gasteiger charge is 2.61. The summed E-state index contributed by atoms with van der Waals surface area (Å²) in [4.78, 5) is 27.4. The zero-order valence-electron chi connectivity index (χ0n) is 28.1. The van der Waals surface area contributed by atoms with Crippen molar-refractivity contribution in [3.05, 3.63) is 53.6 Å². The number of amides is 2. The molecule has 1 N–H and O–H groups in total. The molecule has 0 spiro atoms. The maximum absolute atomic E-state index is 13.0. The van der Waals surface area contributed by atoms with Crippen LogP contribution in [0.25, 0.3) is 0 Å². The van der Waals surface area contributed by atoms with E-state index in [2.05, 4.69) is 52.1 Å². The zero-order chi connectivity index (χ0) is 32.1. The van der Waals surface area contributed by atoms with Crippen molar-refractivity contribution in [2.75, 3.05) is 32.6 Å². The highest BCUT2D eigenvalue weighted by atomic mass is 16.7. The Hall–Kier alpha value is -2.84. The van der Waals surface area contributed by atoms with Crippen LogP contribution < -0.4 is 5.32 Å². The van der Waals surface area contributed by atoms with Crippen LogP contribution in [0.1, 0.15) is 73.1 Å². The molecule has 1 aliphatic heterocycles. The van der Waals surface area contributed by atoms with Gasteiger partial charge in [-0.25, -0.2) is 9.59 Å². The lowest BCUT2D eigenvalue weighted by atomic mass is 9.49. The Labute approximate surface area is 268 Å². The molecule has 3 unspecified atom stereocenters. The number of hydrogen-bond acceptors (Lipinski definition) is 6. The summed E-state index contributed by atoms with van der Waals surface area (Å²) in [7, 11) is 3.43. The van der Waals surface area contributed by atoms with Crippen molar-refractivity contribution in [2.24, 2.45) is 39.9 Å². The molecule has 8 nitrogen and oxygen atoms in total. The van der Waals surface area contributed by atoms with Crippen LogP contribution in [0.3, 0.4) is 0 Å². The molecule has 1 heterocycles. The molecule has 4 fully saturated rings. The van der Waals surface area contributed by atoms with Gasteiger partial charge in [0.1, 0.15) is 12.2 Å². The lowest BCUT2D eigenvalue weighted by molar-refractivity contribution is -0.252. The minimum atomic E-state index is -0.492. The van der Waals surface area contributed by atoms with Crippen molar-refractivity contribution in [1.82, 2.24) is 4.90 Å². The van der Waals surface area contributed by atoms with Crippen molar-refractivity contribution in [1.29, 1.82) is 0 Å². The third-order valence-corrected chi connectivity index (χ3v) is 11.9. The Bertz CT molecular complexity index is 1330. The lowest BCUT2D eigenvalue weighted by Gasteiger charge is -2.57. The molecular formula is C37H52N2O6. The first kappa shape index (κ1) is 32.1. The van der Waals surface area contributed by atoms with Gasteiger partial charge in [0.25, 0.3) is 0 Å². The fourth-order valence-electron chi connectivity index (χ4n) is 9.42. The number of carbonyl (C=O) groups is 2. The number of fused-ring (bicyclic) bond motifs is 5. The number of carbonyl (C=O) groups excluding carboxylic acids is 2. The first-order valence-electron chi connectivity index (χ1n) is 16.9. The number of para-hydroxylation sites is 1. The number of nitrogens with zero attached hydrogens (tertiary/aromatic N) is 1. The predicted octanol–water partition coefficient (Wildman–Crippen LogP) is 7.81. The molecule has 2 amide bonds. The molecule has 8 atom stereocenters. The SMILES string of the molecule is CC(C1OCC(C)(C)CO1)[C@H]1CC[C@H]2C3=CC=C4CC(OC(=O)Nc5ccccc5)CC(OC(=O)N(C)C)[C@]4(C)[C@H]3CC[C@]12C. The molecule has 0 aromatic heterocycles. The van der Waals surface area contributed by atoms with Gasteiger partial charge >= 0.3 is 12.2 Å². The summed E-state index contributed by atoms with van der Waals surface area (Å²) in [5.74, 6) is 1.58. The summed E-state index contributed by atoms with van der Waals surface area (Å²) in [6, 6.07) is 9.31. The third kappa shape index (κ3) is 5.93. The fraction of sp³-hybridized carbons (Fsp3) is 0.676. The van der Waals surface area contributed by atoms with Crippen molar-refractivity contribution in [3.63, 3.8) is 0 Å². The van der Waals surface area contributed by atoms with Gasteiger partial charge < -0.3 is 23.8 Å². The lowest BCUT2D eigenvalue weighted by Crippen LogP contribution is -2.55. The van der Waals surface area contributed by atoms with E-state index in [1.165, 1.54) is 16.0 Å². The number of anilines is 1. The van der Waals surface area contributed by atoms with Crippen LogP contribution in [0.15, 0.2) is 53.6 Å². The van der Waals surface area contributed by atoms with E-state index in [-0.39, 0.29) is 34.5 Å². The average Bonchev–Trinajstić information content (AvgIpc) is 3.35. The van der Waals surface area contributed by atoms with Gasteiger partial charge in [-0.05, 0) is 61.0 Å². The number of ether oxygens (including phenoxy) is 4. The quantitative estimate of drug-likeness (QED) is 0.361. The molecule has 3 saturated carbocycles. The first-order chi connectivity index (χ1) is 21.3. The van der Waals surface area contributed by atoms with E-state index in [0.29, 0.717) is 36.3 Å².